The van der Waals surface area contributed by atoms with Crippen molar-refractivity contribution in [1.82, 2.24) is 0 Å². The van der Waals surface area contributed by atoms with Gasteiger partial charge in [-0.05, 0) is 39.0 Å². The summed E-state index contributed by atoms with van der Waals surface area (Å²) in [4.78, 5) is 17.3. The highest BCUT2D eigenvalue weighted by Crippen LogP contribution is 2.20. The molecule has 0 spiro atoms. The van der Waals surface area contributed by atoms with E-state index in [1.165, 1.54) is 19.1 Å². The Morgan fingerprint density at radius 2 is 2.11 bits per heavy atom. The van der Waals surface area contributed by atoms with Crippen LogP contribution in [0.3, 0.4) is 0 Å². The zero-order chi connectivity index (χ0) is 14.4. The number of rotatable bonds is 5. The molecule has 0 saturated heterocycles. The highest BCUT2D eigenvalue weighted by molar-refractivity contribution is 5.95. The van der Waals surface area contributed by atoms with E-state index in [4.69, 9.17) is 0 Å². The van der Waals surface area contributed by atoms with Gasteiger partial charge in [-0.2, -0.15) is 0 Å². The third-order valence-corrected chi connectivity index (χ3v) is 2.77. The molecule has 0 heterocycles. The maximum atomic E-state index is 13.5. The van der Waals surface area contributed by atoms with Crippen molar-refractivity contribution in [2.45, 2.75) is 20.8 Å². The molecule has 0 amide bonds. The summed E-state index contributed by atoms with van der Waals surface area (Å²) in [5, 5.41) is 0. The summed E-state index contributed by atoms with van der Waals surface area (Å²) in [6, 6.07) is 4.32. The second-order valence-electron chi connectivity index (χ2n) is 4.15. The van der Waals surface area contributed by atoms with Crippen LogP contribution in [-0.4, -0.2) is 25.6 Å². The number of anilines is 1. The van der Waals surface area contributed by atoms with Crippen LogP contribution in [-0.2, 0) is 0 Å². The molecule has 0 unspecified atom stereocenters. The molecule has 3 nitrogen and oxygen atoms in total. The van der Waals surface area contributed by atoms with Crippen molar-refractivity contribution in [3.8, 4) is 0 Å². The summed E-state index contributed by atoms with van der Waals surface area (Å²) in [5.74, 6) is -0.573. The first kappa shape index (κ1) is 15.1. The van der Waals surface area contributed by atoms with Gasteiger partial charge in [0.25, 0.3) is 0 Å². The maximum absolute atomic E-state index is 13.5. The second kappa shape index (κ2) is 6.83. The van der Waals surface area contributed by atoms with Crippen molar-refractivity contribution in [3.63, 3.8) is 0 Å². The third-order valence-electron chi connectivity index (χ3n) is 2.77. The van der Waals surface area contributed by atoms with Gasteiger partial charge in [-0.15, -0.1) is 0 Å². The molecule has 0 atom stereocenters. The van der Waals surface area contributed by atoms with Gasteiger partial charge < -0.3 is 4.90 Å². The molecule has 0 fully saturated rings. The number of halogens is 1. The van der Waals surface area contributed by atoms with Crippen molar-refractivity contribution in [3.05, 3.63) is 41.4 Å². The molecule has 0 radical (unpaired) electrons. The molecule has 0 aliphatic rings. The van der Waals surface area contributed by atoms with E-state index in [2.05, 4.69) is 4.99 Å². The summed E-state index contributed by atoms with van der Waals surface area (Å²) in [7, 11) is 1.82. The first-order chi connectivity index (χ1) is 8.99. The Bertz CT molecular complexity index is 521. The Labute approximate surface area is 113 Å². The summed E-state index contributed by atoms with van der Waals surface area (Å²) in [6.07, 6.45) is 3.62. The van der Waals surface area contributed by atoms with Gasteiger partial charge in [0.1, 0.15) is 5.82 Å². The van der Waals surface area contributed by atoms with Gasteiger partial charge in [0.2, 0.25) is 0 Å². The van der Waals surface area contributed by atoms with E-state index in [1.54, 1.807) is 17.2 Å². The monoisotopic (exact) mass is 262 g/mol. The van der Waals surface area contributed by atoms with E-state index in [0.717, 1.165) is 5.70 Å². The number of hydrogen-bond donors (Lipinski definition) is 0. The Morgan fingerprint density at radius 1 is 1.42 bits per heavy atom. The minimum Gasteiger partial charge on any atom is -0.344 e. The highest BCUT2D eigenvalue weighted by Gasteiger charge is 2.10. The lowest BCUT2D eigenvalue weighted by Crippen LogP contribution is -2.18. The molecule has 0 N–H and O–H groups in total. The van der Waals surface area contributed by atoms with Crippen molar-refractivity contribution >= 4 is 17.7 Å². The zero-order valence-corrected chi connectivity index (χ0v) is 11.8. The van der Waals surface area contributed by atoms with E-state index in [0.29, 0.717) is 17.8 Å². The zero-order valence-electron chi connectivity index (χ0n) is 11.8. The van der Waals surface area contributed by atoms with E-state index in [9.17, 15) is 9.18 Å². The fourth-order valence-electron chi connectivity index (χ4n) is 1.66. The fourth-order valence-corrected chi connectivity index (χ4v) is 1.66. The van der Waals surface area contributed by atoms with Gasteiger partial charge in [-0.3, -0.25) is 9.79 Å². The van der Waals surface area contributed by atoms with Crippen LogP contribution in [0.5, 0.6) is 0 Å². The van der Waals surface area contributed by atoms with Gasteiger partial charge in [0.05, 0.1) is 5.70 Å². The molecular weight excluding hydrogens is 243 g/mol. The van der Waals surface area contributed by atoms with Crippen LogP contribution < -0.4 is 4.90 Å². The predicted molar refractivity (Wildman–Crippen MR) is 77.6 cm³/mol. The lowest BCUT2D eigenvalue weighted by atomic mass is 10.1. The molecule has 4 heteroatoms. The first-order valence-corrected chi connectivity index (χ1v) is 6.21. The number of carbonyl (C=O) groups is 1. The SMILES string of the molecule is CC=C(C=NCC)N(C)c1cc(F)cc(C(C)=O)c1. The summed E-state index contributed by atoms with van der Waals surface area (Å²) in [6.45, 7) is 5.94. The van der Waals surface area contributed by atoms with Crippen LogP contribution in [0.4, 0.5) is 10.1 Å². The molecule has 0 bridgehead atoms. The molecule has 102 valence electrons. The Hall–Kier alpha value is -1.97. The molecule has 0 aromatic heterocycles. The topological polar surface area (TPSA) is 32.7 Å². The number of Topliss-reactive ketones (excluding diaryl/α,β-unsaturated/α-hetero) is 1. The Balaban J connectivity index is 3.14. The van der Waals surface area contributed by atoms with Crippen LogP contribution >= 0.6 is 0 Å². The van der Waals surface area contributed by atoms with E-state index >= 15 is 0 Å². The quantitative estimate of drug-likeness (QED) is 0.601. The molecule has 0 aliphatic carbocycles. The van der Waals surface area contributed by atoms with Gasteiger partial charge >= 0.3 is 0 Å². The number of aliphatic imine (C=N–C) groups is 1. The molecular formula is C15H19FN2O. The number of nitrogens with zero attached hydrogens (tertiary/aromatic N) is 2. The van der Waals surface area contributed by atoms with Gasteiger partial charge in [0.15, 0.2) is 5.78 Å². The average molecular weight is 262 g/mol. The lowest BCUT2D eigenvalue weighted by Gasteiger charge is -2.20. The van der Waals surface area contributed by atoms with Crippen LogP contribution in [0.1, 0.15) is 31.1 Å². The molecule has 19 heavy (non-hydrogen) atoms. The first-order valence-electron chi connectivity index (χ1n) is 6.21. The standard InChI is InChI=1S/C15H19FN2O/c1-5-14(10-17-6-2)18(4)15-8-12(11(3)19)7-13(16)9-15/h5,7-10H,6H2,1-4H3. The largest absolute Gasteiger partial charge is 0.344 e. The van der Waals surface area contributed by atoms with Crippen LogP contribution in [0, 0.1) is 5.82 Å². The van der Waals surface area contributed by atoms with Crippen molar-refractivity contribution in [2.75, 3.05) is 18.5 Å². The van der Waals surface area contributed by atoms with Crippen molar-refractivity contribution in [1.29, 1.82) is 0 Å². The van der Waals surface area contributed by atoms with Gasteiger partial charge in [-0.25, -0.2) is 4.39 Å². The fraction of sp³-hybridized carbons (Fsp3) is 0.333. The minimum absolute atomic E-state index is 0.154. The number of allylic oxidation sites excluding steroid dienone is 2. The molecule has 1 rings (SSSR count). The van der Waals surface area contributed by atoms with Crippen LogP contribution in [0.2, 0.25) is 0 Å². The number of ketones is 1. The smallest absolute Gasteiger partial charge is 0.159 e. The van der Waals surface area contributed by atoms with E-state index in [1.807, 2.05) is 27.0 Å². The lowest BCUT2D eigenvalue weighted by molar-refractivity contribution is 0.101. The predicted octanol–water partition coefficient (Wildman–Crippen LogP) is 3.46. The Morgan fingerprint density at radius 3 is 2.63 bits per heavy atom. The normalized spacial score (nSPS) is 11.9. The number of hydrogen-bond acceptors (Lipinski definition) is 3. The van der Waals surface area contributed by atoms with Gasteiger partial charge in [0, 0.05) is 31.1 Å². The number of carbonyl (C=O) groups excluding carboxylic acids is 1. The van der Waals surface area contributed by atoms with Gasteiger partial charge in [-0.1, -0.05) is 6.08 Å². The summed E-state index contributed by atoms with van der Waals surface area (Å²) >= 11 is 0. The summed E-state index contributed by atoms with van der Waals surface area (Å²) in [5.41, 5.74) is 1.84. The molecule has 1 aromatic rings. The highest BCUT2D eigenvalue weighted by atomic mass is 19.1. The number of benzene rings is 1. The third kappa shape index (κ3) is 4.02. The van der Waals surface area contributed by atoms with Crippen molar-refractivity contribution < 1.29 is 9.18 Å². The van der Waals surface area contributed by atoms with E-state index < -0.39 is 5.82 Å². The second-order valence-corrected chi connectivity index (χ2v) is 4.15. The molecule has 0 saturated carbocycles. The summed E-state index contributed by atoms with van der Waals surface area (Å²) < 4.78 is 13.5. The Kier molecular flexibility index (Phi) is 5.42. The molecule has 1 aromatic carbocycles. The van der Waals surface area contributed by atoms with Crippen molar-refractivity contribution in [2.24, 2.45) is 4.99 Å². The minimum atomic E-state index is -0.419. The van der Waals surface area contributed by atoms with Crippen LogP contribution in [0.15, 0.2) is 35.0 Å². The average Bonchev–Trinajstić information content (AvgIpc) is 2.38. The molecule has 0 aliphatic heterocycles. The van der Waals surface area contributed by atoms with E-state index in [-0.39, 0.29) is 5.78 Å². The maximum Gasteiger partial charge on any atom is 0.159 e. The van der Waals surface area contributed by atoms with Crippen LogP contribution in [0.25, 0.3) is 0 Å².